The number of carbonyl (C=O) groups excluding carboxylic acids is 2. The van der Waals surface area contributed by atoms with Crippen LogP contribution in [0.2, 0.25) is 10.0 Å². The summed E-state index contributed by atoms with van der Waals surface area (Å²) in [5.41, 5.74) is 3.03. The molecule has 1 N–H and O–H groups in total. The second-order valence-corrected chi connectivity index (χ2v) is 7.57. The first-order chi connectivity index (χ1) is 13.4. The van der Waals surface area contributed by atoms with Crippen molar-refractivity contribution < 1.29 is 14.3 Å². The van der Waals surface area contributed by atoms with Crippen LogP contribution < -0.4 is 5.32 Å². The number of nitrogens with one attached hydrogen (secondary N) is 1. The van der Waals surface area contributed by atoms with Gasteiger partial charge in [-0.15, -0.1) is 0 Å². The minimum absolute atomic E-state index is 0.0537. The molecule has 0 aromatic heterocycles. The Morgan fingerprint density at radius 1 is 1.21 bits per heavy atom. The lowest BCUT2D eigenvalue weighted by molar-refractivity contribution is -0.150. The molecule has 2 atom stereocenters. The van der Waals surface area contributed by atoms with Gasteiger partial charge >= 0.3 is 5.97 Å². The van der Waals surface area contributed by atoms with Gasteiger partial charge in [-0.05, 0) is 61.1 Å². The average Bonchev–Trinajstić information content (AvgIpc) is 2.67. The number of fused-ring (bicyclic) bond motifs is 1. The molecule has 1 aliphatic carbocycles. The van der Waals surface area contributed by atoms with Crippen molar-refractivity contribution in [3.8, 4) is 0 Å². The molecule has 0 heterocycles. The minimum Gasteiger partial charge on any atom is -0.449 e. The van der Waals surface area contributed by atoms with E-state index < -0.39 is 12.1 Å². The van der Waals surface area contributed by atoms with Gasteiger partial charge in [0.2, 0.25) is 0 Å². The first-order valence-corrected chi connectivity index (χ1v) is 9.91. The molecule has 0 spiro atoms. The summed E-state index contributed by atoms with van der Waals surface area (Å²) in [7, 11) is 0. The lowest BCUT2D eigenvalue weighted by Crippen LogP contribution is -2.39. The Morgan fingerprint density at radius 2 is 2.00 bits per heavy atom. The first-order valence-electron chi connectivity index (χ1n) is 9.16. The molecule has 0 aliphatic heterocycles. The highest BCUT2D eigenvalue weighted by Gasteiger charge is 2.24. The van der Waals surface area contributed by atoms with Crippen molar-refractivity contribution in [1.82, 2.24) is 5.32 Å². The Labute approximate surface area is 174 Å². The average molecular weight is 418 g/mol. The zero-order valence-corrected chi connectivity index (χ0v) is 17.0. The van der Waals surface area contributed by atoms with E-state index in [2.05, 4.69) is 11.4 Å². The van der Waals surface area contributed by atoms with Crippen molar-refractivity contribution in [2.45, 2.75) is 38.3 Å². The third-order valence-corrected chi connectivity index (χ3v) is 5.27. The summed E-state index contributed by atoms with van der Waals surface area (Å²) in [6.45, 7) is 1.56. The largest absolute Gasteiger partial charge is 0.449 e. The SMILES string of the molecule is C[C@@H](OC(=O)/C=C/c1ccc(Cl)cc1Cl)C(=O)N[C@@H]1CCCc2ccccc21. The first kappa shape index (κ1) is 20.4. The number of carbonyl (C=O) groups is 2. The van der Waals surface area contributed by atoms with Gasteiger partial charge in [-0.3, -0.25) is 4.79 Å². The molecule has 1 aliphatic rings. The molecule has 0 saturated carbocycles. The van der Waals surface area contributed by atoms with Crippen LogP contribution in [0.4, 0.5) is 0 Å². The number of benzene rings is 2. The number of halogens is 2. The van der Waals surface area contributed by atoms with Gasteiger partial charge in [-0.1, -0.05) is 53.5 Å². The van der Waals surface area contributed by atoms with Crippen molar-refractivity contribution in [3.05, 3.63) is 75.3 Å². The molecular weight excluding hydrogens is 397 g/mol. The maximum absolute atomic E-state index is 12.5. The quantitative estimate of drug-likeness (QED) is 0.541. The number of ether oxygens (including phenoxy) is 1. The van der Waals surface area contributed by atoms with Crippen LogP contribution in [-0.4, -0.2) is 18.0 Å². The number of esters is 1. The highest BCUT2D eigenvalue weighted by Crippen LogP contribution is 2.29. The van der Waals surface area contributed by atoms with Crippen LogP contribution in [0.15, 0.2) is 48.5 Å². The van der Waals surface area contributed by atoms with Gasteiger partial charge < -0.3 is 10.1 Å². The summed E-state index contributed by atoms with van der Waals surface area (Å²) < 4.78 is 5.22. The van der Waals surface area contributed by atoms with E-state index in [1.165, 1.54) is 17.7 Å². The van der Waals surface area contributed by atoms with Gasteiger partial charge in [-0.2, -0.15) is 0 Å². The summed E-state index contributed by atoms with van der Waals surface area (Å²) >= 11 is 11.9. The molecule has 4 nitrogen and oxygen atoms in total. The summed E-state index contributed by atoms with van der Waals surface area (Å²) in [5.74, 6) is -0.925. The van der Waals surface area contributed by atoms with Gasteiger partial charge in [-0.25, -0.2) is 4.79 Å². The number of hydrogen-bond donors (Lipinski definition) is 1. The monoisotopic (exact) mass is 417 g/mol. The van der Waals surface area contributed by atoms with E-state index in [1.807, 2.05) is 18.2 Å². The van der Waals surface area contributed by atoms with E-state index in [0.717, 1.165) is 24.8 Å². The molecule has 0 radical (unpaired) electrons. The fourth-order valence-corrected chi connectivity index (χ4v) is 3.73. The molecular formula is C22H21Cl2NO3. The van der Waals surface area contributed by atoms with Gasteiger partial charge in [0.25, 0.3) is 5.91 Å². The number of hydrogen-bond acceptors (Lipinski definition) is 3. The van der Waals surface area contributed by atoms with Gasteiger partial charge in [0, 0.05) is 16.1 Å². The summed E-state index contributed by atoms with van der Waals surface area (Å²) in [6, 6.07) is 13.0. The van der Waals surface area contributed by atoms with Crippen LogP contribution in [-0.2, 0) is 20.7 Å². The Hall–Kier alpha value is -2.30. The summed E-state index contributed by atoms with van der Waals surface area (Å²) in [5, 5.41) is 3.94. The maximum atomic E-state index is 12.5. The molecule has 3 rings (SSSR count). The molecule has 0 saturated heterocycles. The number of rotatable bonds is 5. The van der Waals surface area contributed by atoms with Gasteiger partial charge in [0.05, 0.1) is 6.04 Å². The molecule has 146 valence electrons. The van der Waals surface area contributed by atoms with Crippen molar-refractivity contribution in [1.29, 1.82) is 0 Å². The summed E-state index contributed by atoms with van der Waals surface area (Å²) in [4.78, 5) is 24.5. The molecule has 1 amide bonds. The van der Waals surface area contributed by atoms with Crippen molar-refractivity contribution in [2.75, 3.05) is 0 Å². The fraction of sp³-hybridized carbons (Fsp3) is 0.273. The molecule has 2 aromatic rings. The Balaban J connectivity index is 1.57. The Morgan fingerprint density at radius 3 is 2.79 bits per heavy atom. The van der Waals surface area contributed by atoms with E-state index in [1.54, 1.807) is 25.1 Å². The molecule has 28 heavy (non-hydrogen) atoms. The predicted molar refractivity (Wildman–Crippen MR) is 111 cm³/mol. The third kappa shape index (κ3) is 5.15. The molecule has 0 fully saturated rings. The standard InChI is InChI=1S/C22H21Cl2NO3/c1-14(28-21(26)12-10-16-9-11-17(23)13-19(16)24)22(27)25-20-8-4-6-15-5-2-3-7-18(15)20/h2-3,5,7,9-14,20H,4,6,8H2,1H3,(H,25,27)/b12-10+/t14-,20-/m1/s1. The highest BCUT2D eigenvalue weighted by atomic mass is 35.5. The van der Waals surface area contributed by atoms with E-state index in [0.29, 0.717) is 15.6 Å². The zero-order valence-electron chi connectivity index (χ0n) is 15.5. The number of aryl methyl sites for hydroxylation is 1. The smallest absolute Gasteiger partial charge is 0.331 e. The van der Waals surface area contributed by atoms with Crippen LogP contribution in [0, 0.1) is 0 Å². The molecule has 6 heteroatoms. The van der Waals surface area contributed by atoms with Crippen molar-refractivity contribution in [3.63, 3.8) is 0 Å². The molecule has 0 unspecified atom stereocenters. The van der Waals surface area contributed by atoms with E-state index in [4.69, 9.17) is 27.9 Å². The number of amides is 1. The van der Waals surface area contributed by atoms with Crippen LogP contribution in [0.1, 0.15) is 42.5 Å². The van der Waals surface area contributed by atoms with Crippen LogP contribution in [0.25, 0.3) is 6.08 Å². The van der Waals surface area contributed by atoms with Crippen LogP contribution in [0.5, 0.6) is 0 Å². The normalized spacial score (nSPS) is 17.0. The van der Waals surface area contributed by atoms with Crippen molar-refractivity contribution >= 4 is 41.2 Å². The maximum Gasteiger partial charge on any atom is 0.331 e. The Bertz CT molecular complexity index is 910. The van der Waals surface area contributed by atoms with E-state index >= 15 is 0 Å². The lowest BCUT2D eigenvalue weighted by atomic mass is 9.87. The zero-order chi connectivity index (χ0) is 20.1. The highest BCUT2D eigenvalue weighted by molar-refractivity contribution is 6.35. The van der Waals surface area contributed by atoms with Crippen LogP contribution in [0.3, 0.4) is 0 Å². The molecule has 2 aromatic carbocycles. The van der Waals surface area contributed by atoms with Gasteiger partial charge in [0.15, 0.2) is 6.10 Å². The third-order valence-electron chi connectivity index (χ3n) is 4.71. The fourth-order valence-electron chi connectivity index (χ4n) is 3.25. The molecule has 0 bridgehead atoms. The van der Waals surface area contributed by atoms with E-state index in [9.17, 15) is 9.59 Å². The Kier molecular flexibility index (Phi) is 6.76. The van der Waals surface area contributed by atoms with Gasteiger partial charge in [0.1, 0.15) is 0 Å². The second-order valence-electron chi connectivity index (χ2n) is 6.73. The second kappa shape index (κ2) is 9.26. The lowest BCUT2D eigenvalue weighted by Gasteiger charge is -2.27. The summed E-state index contributed by atoms with van der Waals surface area (Å²) in [6.07, 6.45) is 4.79. The van der Waals surface area contributed by atoms with Crippen molar-refractivity contribution in [2.24, 2.45) is 0 Å². The van der Waals surface area contributed by atoms with E-state index in [-0.39, 0.29) is 11.9 Å². The topological polar surface area (TPSA) is 55.4 Å². The van der Waals surface area contributed by atoms with Crippen LogP contribution >= 0.6 is 23.2 Å². The predicted octanol–water partition coefficient (Wildman–Crippen LogP) is 5.13. The minimum atomic E-state index is -0.896.